The van der Waals surface area contributed by atoms with Gasteiger partial charge in [-0.15, -0.1) is 0 Å². The van der Waals surface area contributed by atoms with E-state index >= 15 is 0 Å². The molecule has 0 saturated heterocycles. The Labute approximate surface area is 72.5 Å². The average molecular weight is 140 g/mol. The molecule has 1 nitrogen and oxygen atoms in total. The molecule has 0 radical (unpaired) electrons. The topological polar surface area (TPSA) is 9.23 Å². The third kappa shape index (κ3) is 4.46. The van der Waals surface area contributed by atoms with Crippen LogP contribution in [0.25, 0.3) is 0 Å². The molecule has 0 bridgehead atoms. The predicted octanol–water partition coefficient (Wildman–Crippen LogP) is 2.60. The molecule has 0 spiro atoms. The van der Waals surface area contributed by atoms with Gasteiger partial charge in [0.15, 0.2) is 0 Å². The largest absolute Gasteiger partial charge is 0.376 e. The van der Waals surface area contributed by atoms with Crippen LogP contribution in [-0.4, -0.2) is 12.2 Å². The van der Waals surface area contributed by atoms with Gasteiger partial charge in [-0.2, -0.15) is 0 Å². The molecule has 0 aromatic heterocycles. The highest BCUT2D eigenvalue weighted by Gasteiger charge is 2.02. The smallest absolute Gasteiger partial charge is 0.0548 e. The molecular formula is C8H18O. The van der Waals surface area contributed by atoms with Crippen LogP contribution in [0.4, 0.5) is 0 Å². The van der Waals surface area contributed by atoms with Gasteiger partial charge in [-0.25, -0.2) is 0 Å². The van der Waals surface area contributed by atoms with E-state index in [0.29, 0.717) is 0 Å². The molecule has 1 heteroatoms. The average Bonchev–Trinajstić information content (AvgIpc) is 1.91. The van der Waals surface area contributed by atoms with E-state index < -0.39 is 38.7 Å². The summed E-state index contributed by atoms with van der Waals surface area (Å²) in [5.74, 6) is 0. The van der Waals surface area contributed by atoms with Crippen LogP contribution >= 0.6 is 0 Å². The fourth-order valence-corrected chi connectivity index (χ4v) is 0.272. The van der Waals surface area contributed by atoms with E-state index in [0.717, 1.165) is 13.8 Å². The van der Waals surface area contributed by atoms with Crippen LogP contribution < -0.4 is 0 Å². The molecule has 56 valence electrons. The van der Waals surface area contributed by atoms with Crippen LogP contribution in [0.3, 0.4) is 0 Å². The molecule has 0 amide bonds. The third-order valence-electron chi connectivity index (χ3n) is 0.797. The van der Waals surface area contributed by atoms with Crippen molar-refractivity contribution in [3.63, 3.8) is 0 Å². The first-order chi connectivity index (χ1) is 7.97. The predicted molar refractivity (Wildman–Crippen MR) is 40.6 cm³/mol. The highest BCUT2D eigenvalue weighted by molar-refractivity contribution is 4.50. The molecule has 0 saturated carbocycles. The van der Waals surface area contributed by atoms with Crippen molar-refractivity contribution in [1.29, 1.82) is 0 Å². The second-order valence-electron chi connectivity index (χ2n) is 1.47. The Morgan fingerprint density at radius 1 is 1.33 bits per heavy atom. The molecule has 0 unspecified atom stereocenters. The molecule has 0 aliphatic rings. The summed E-state index contributed by atoms with van der Waals surface area (Å²) in [7, 11) is 0. The van der Waals surface area contributed by atoms with Crippen LogP contribution in [0.5, 0.6) is 0 Å². The van der Waals surface area contributed by atoms with Crippen molar-refractivity contribution in [2.24, 2.45) is 0 Å². The maximum atomic E-state index is 7.42. The zero-order valence-corrected chi connectivity index (χ0v) is 5.56. The SMILES string of the molecule is [2H]C([2H])([2H])[C@H](O[C@@H](C([2H])([2H])[2H])C([2H])([2H])C)C([2H])([2H])C. The molecule has 0 aromatic carbocycles. The van der Waals surface area contributed by atoms with Crippen LogP contribution in [0.15, 0.2) is 0 Å². The Kier molecular flexibility index (Phi) is 0.939. The lowest BCUT2D eigenvalue weighted by Gasteiger charge is -2.15. The Morgan fingerprint density at radius 2 is 1.78 bits per heavy atom. The molecular weight excluding hydrogens is 112 g/mol. The molecule has 9 heavy (non-hydrogen) atoms. The molecule has 0 aliphatic carbocycles. The fraction of sp³-hybridized carbons (Fsp3) is 1.00. The minimum absolute atomic E-state index is 0.950. The summed E-state index contributed by atoms with van der Waals surface area (Å²) in [6, 6.07) is 0. The molecule has 0 aromatic rings. The van der Waals surface area contributed by atoms with Gasteiger partial charge in [-0.1, -0.05) is 13.8 Å². The van der Waals surface area contributed by atoms with Gasteiger partial charge < -0.3 is 4.74 Å². The fourth-order valence-electron chi connectivity index (χ4n) is 0.272. The first-order valence-electron chi connectivity index (χ1n) is 7.63. The van der Waals surface area contributed by atoms with Gasteiger partial charge in [-0.05, 0) is 26.4 Å². The summed E-state index contributed by atoms with van der Waals surface area (Å²) in [6.07, 6.45) is -8.72. The van der Waals surface area contributed by atoms with Crippen molar-refractivity contribution in [3.8, 4) is 0 Å². The summed E-state index contributed by atoms with van der Waals surface area (Å²) in [6.45, 7) is -3.89. The van der Waals surface area contributed by atoms with E-state index in [-0.39, 0.29) is 0 Å². The molecule has 0 N–H and O–H groups in total. The number of hydrogen-bond donors (Lipinski definition) is 0. The zero-order chi connectivity index (χ0) is 15.9. The first kappa shape index (κ1) is 1.76. The lowest BCUT2D eigenvalue weighted by Crippen LogP contribution is -2.14. The summed E-state index contributed by atoms with van der Waals surface area (Å²) in [5.41, 5.74) is 0. The van der Waals surface area contributed by atoms with Crippen LogP contribution in [0, 0.1) is 0 Å². The van der Waals surface area contributed by atoms with Crippen molar-refractivity contribution in [2.75, 3.05) is 0 Å². The first-order valence-corrected chi connectivity index (χ1v) is 2.63. The van der Waals surface area contributed by atoms with Gasteiger partial charge in [0, 0.05) is 13.7 Å². The Bertz CT molecular complexity index is 235. The zero-order valence-electron chi connectivity index (χ0n) is 15.6. The van der Waals surface area contributed by atoms with Gasteiger partial charge in [-0.3, -0.25) is 0 Å². The quantitative estimate of drug-likeness (QED) is 0.583. The van der Waals surface area contributed by atoms with E-state index in [2.05, 4.69) is 0 Å². The highest BCUT2D eigenvalue weighted by Crippen LogP contribution is 2.03. The van der Waals surface area contributed by atoms with E-state index in [1.54, 1.807) is 0 Å². The molecule has 0 rings (SSSR count). The highest BCUT2D eigenvalue weighted by atomic mass is 16.5. The normalized spacial score (nSPS) is 39.8. The monoisotopic (exact) mass is 140 g/mol. The Morgan fingerprint density at radius 3 is 2.00 bits per heavy atom. The van der Waals surface area contributed by atoms with Gasteiger partial charge in [0.2, 0.25) is 0 Å². The van der Waals surface area contributed by atoms with Crippen LogP contribution in [0.1, 0.15) is 54.0 Å². The van der Waals surface area contributed by atoms with E-state index in [4.69, 9.17) is 18.4 Å². The maximum absolute atomic E-state index is 7.42. The second kappa shape index (κ2) is 4.80. The van der Waals surface area contributed by atoms with Crippen molar-refractivity contribution in [2.45, 2.75) is 52.5 Å². The Balaban J connectivity index is 5.43. The van der Waals surface area contributed by atoms with Crippen LogP contribution in [0.2, 0.25) is 0 Å². The van der Waals surface area contributed by atoms with Crippen molar-refractivity contribution < 1.29 is 18.4 Å². The molecule has 0 aliphatic heterocycles. The minimum atomic E-state index is -2.90. The van der Waals surface area contributed by atoms with Gasteiger partial charge in [0.1, 0.15) is 0 Å². The molecule has 0 heterocycles. The standard InChI is InChI=1S/C8H18O/c1-5-7(3)9-8(4)6-2/h7-8H,5-6H2,1-4H3/t7-,8-/m0/s1/i3D3,4D3,5D2,6D2. The molecule has 2 atom stereocenters. The lowest BCUT2D eigenvalue weighted by atomic mass is 10.3. The van der Waals surface area contributed by atoms with Crippen molar-refractivity contribution >= 4 is 0 Å². The van der Waals surface area contributed by atoms with Gasteiger partial charge in [0.05, 0.1) is 12.2 Å². The van der Waals surface area contributed by atoms with E-state index in [9.17, 15) is 0 Å². The summed E-state index contributed by atoms with van der Waals surface area (Å²) in [4.78, 5) is 0. The summed E-state index contributed by atoms with van der Waals surface area (Å²) >= 11 is 0. The van der Waals surface area contributed by atoms with Crippen molar-refractivity contribution in [1.82, 2.24) is 0 Å². The summed E-state index contributed by atoms with van der Waals surface area (Å²) in [5, 5.41) is 0. The molecule has 0 fully saturated rings. The van der Waals surface area contributed by atoms with Crippen LogP contribution in [-0.2, 0) is 4.74 Å². The van der Waals surface area contributed by atoms with Crippen molar-refractivity contribution in [3.05, 3.63) is 0 Å². The van der Waals surface area contributed by atoms with Gasteiger partial charge in [0.25, 0.3) is 0 Å². The minimum Gasteiger partial charge on any atom is -0.376 e. The van der Waals surface area contributed by atoms with Gasteiger partial charge >= 0.3 is 0 Å². The van der Waals surface area contributed by atoms with E-state index in [1.165, 1.54) is 0 Å². The number of ether oxygens (including phenoxy) is 1. The number of rotatable bonds is 4. The summed E-state index contributed by atoms with van der Waals surface area (Å²) < 4.78 is 77.8. The lowest BCUT2D eigenvalue weighted by molar-refractivity contribution is 0.00511. The second-order valence-corrected chi connectivity index (χ2v) is 1.47. The van der Waals surface area contributed by atoms with E-state index in [1.807, 2.05) is 0 Å². The number of hydrogen-bond acceptors (Lipinski definition) is 1. The third-order valence-corrected chi connectivity index (χ3v) is 0.797. The maximum Gasteiger partial charge on any atom is 0.0548 e. The Hall–Kier alpha value is -0.0400.